The molecule has 1 heterocycles. The van der Waals surface area contributed by atoms with Crippen molar-refractivity contribution in [1.29, 1.82) is 5.26 Å². The molecule has 1 aromatic heterocycles. The summed E-state index contributed by atoms with van der Waals surface area (Å²) in [7, 11) is 0. The van der Waals surface area contributed by atoms with E-state index in [-0.39, 0.29) is 11.1 Å². The fraction of sp³-hybridized carbons (Fsp3) is 0.111. The molecule has 1 unspecified atom stereocenters. The Bertz CT molecular complexity index is 966. The first-order valence-electron chi connectivity index (χ1n) is 7.63. The number of halogens is 1. The third-order valence-corrected chi connectivity index (χ3v) is 4.64. The van der Waals surface area contributed by atoms with Crippen LogP contribution in [0.1, 0.15) is 12.5 Å². The highest BCUT2D eigenvalue weighted by Crippen LogP contribution is 2.27. The van der Waals surface area contributed by atoms with Crippen molar-refractivity contribution in [3.8, 4) is 17.5 Å². The molecular formula is C18H13ClN4O2S. The molecule has 0 spiro atoms. The highest BCUT2D eigenvalue weighted by molar-refractivity contribution is 8.00. The SMILES string of the molecule is CC(Sc1nnc(-c2ccc(Cl)cc2)o1)C(=O)Nc1ccccc1C#N. The maximum atomic E-state index is 12.4. The van der Waals surface area contributed by atoms with E-state index >= 15 is 0 Å². The summed E-state index contributed by atoms with van der Waals surface area (Å²) in [4.78, 5) is 12.4. The molecule has 1 atom stereocenters. The van der Waals surface area contributed by atoms with E-state index in [1.807, 2.05) is 6.07 Å². The van der Waals surface area contributed by atoms with E-state index in [0.29, 0.717) is 22.2 Å². The summed E-state index contributed by atoms with van der Waals surface area (Å²) in [6, 6.07) is 15.9. The monoisotopic (exact) mass is 384 g/mol. The number of anilines is 1. The Balaban J connectivity index is 1.66. The zero-order valence-electron chi connectivity index (χ0n) is 13.6. The van der Waals surface area contributed by atoms with Crippen molar-refractivity contribution in [2.24, 2.45) is 0 Å². The van der Waals surface area contributed by atoms with Crippen molar-refractivity contribution in [1.82, 2.24) is 10.2 Å². The van der Waals surface area contributed by atoms with Gasteiger partial charge in [-0.25, -0.2) is 0 Å². The highest BCUT2D eigenvalue weighted by atomic mass is 35.5. The van der Waals surface area contributed by atoms with Gasteiger partial charge in [0.15, 0.2) is 0 Å². The summed E-state index contributed by atoms with van der Waals surface area (Å²) in [5, 5.41) is 20.2. The van der Waals surface area contributed by atoms with Crippen molar-refractivity contribution in [2.75, 3.05) is 5.32 Å². The van der Waals surface area contributed by atoms with Gasteiger partial charge in [-0.3, -0.25) is 4.79 Å². The second-order valence-electron chi connectivity index (χ2n) is 5.29. The van der Waals surface area contributed by atoms with Crippen LogP contribution in [-0.4, -0.2) is 21.4 Å². The van der Waals surface area contributed by atoms with Gasteiger partial charge < -0.3 is 9.73 Å². The number of benzene rings is 2. The Morgan fingerprint density at radius 2 is 1.96 bits per heavy atom. The number of carbonyl (C=O) groups is 1. The lowest BCUT2D eigenvalue weighted by Gasteiger charge is -2.10. The first-order chi connectivity index (χ1) is 12.6. The molecule has 1 amide bonds. The third kappa shape index (κ3) is 4.23. The second kappa shape index (κ2) is 8.04. The standard InChI is InChI=1S/C18H13ClN4O2S/c1-11(16(24)21-15-5-3-2-4-13(15)10-20)26-18-23-22-17(25-18)12-6-8-14(19)9-7-12/h2-9,11H,1H3,(H,21,24). The average Bonchev–Trinajstić information content (AvgIpc) is 3.11. The molecule has 0 radical (unpaired) electrons. The number of nitrogens with one attached hydrogen (secondary N) is 1. The zero-order chi connectivity index (χ0) is 18.5. The molecule has 3 rings (SSSR count). The second-order valence-corrected chi connectivity index (χ2v) is 7.02. The molecule has 1 N–H and O–H groups in total. The Morgan fingerprint density at radius 1 is 1.23 bits per heavy atom. The minimum atomic E-state index is -0.486. The number of carbonyl (C=O) groups excluding carboxylic acids is 1. The maximum absolute atomic E-state index is 12.4. The number of amides is 1. The van der Waals surface area contributed by atoms with Crippen LogP contribution in [0.15, 0.2) is 58.2 Å². The number of aromatic nitrogens is 2. The van der Waals surface area contributed by atoms with Gasteiger partial charge in [-0.2, -0.15) is 5.26 Å². The number of hydrogen-bond acceptors (Lipinski definition) is 6. The number of nitriles is 1. The van der Waals surface area contributed by atoms with Crippen LogP contribution >= 0.6 is 23.4 Å². The molecule has 0 bridgehead atoms. The van der Waals surface area contributed by atoms with Gasteiger partial charge >= 0.3 is 0 Å². The molecule has 0 saturated carbocycles. The molecule has 0 aliphatic rings. The normalized spacial score (nSPS) is 11.6. The van der Waals surface area contributed by atoms with E-state index in [9.17, 15) is 4.79 Å². The molecule has 8 heteroatoms. The molecule has 3 aromatic rings. The average molecular weight is 385 g/mol. The van der Waals surface area contributed by atoms with Crippen molar-refractivity contribution in [2.45, 2.75) is 17.4 Å². The van der Waals surface area contributed by atoms with Crippen molar-refractivity contribution in [3.63, 3.8) is 0 Å². The fourth-order valence-electron chi connectivity index (χ4n) is 2.10. The quantitative estimate of drug-likeness (QED) is 0.656. The number of para-hydroxylation sites is 1. The molecule has 26 heavy (non-hydrogen) atoms. The Hall–Kier alpha value is -2.82. The van der Waals surface area contributed by atoms with E-state index in [4.69, 9.17) is 21.3 Å². The number of rotatable bonds is 5. The van der Waals surface area contributed by atoms with Crippen molar-refractivity contribution < 1.29 is 9.21 Å². The van der Waals surface area contributed by atoms with Crippen LogP contribution in [0, 0.1) is 11.3 Å². The predicted molar refractivity (Wildman–Crippen MR) is 99.8 cm³/mol. The van der Waals surface area contributed by atoms with Crippen LogP contribution in [0.3, 0.4) is 0 Å². The van der Waals surface area contributed by atoms with Crippen molar-refractivity contribution >= 4 is 35.0 Å². The van der Waals surface area contributed by atoms with E-state index in [1.54, 1.807) is 55.5 Å². The predicted octanol–water partition coefficient (Wildman–Crippen LogP) is 4.38. The lowest BCUT2D eigenvalue weighted by Crippen LogP contribution is -2.22. The van der Waals surface area contributed by atoms with Crippen molar-refractivity contribution in [3.05, 3.63) is 59.1 Å². The van der Waals surface area contributed by atoms with Gasteiger partial charge in [-0.1, -0.05) is 35.5 Å². The summed E-state index contributed by atoms with van der Waals surface area (Å²) < 4.78 is 5.59. The van der Waals surface area contributed by atoms with Gasteiger partial charge in [0.25, 0.3) is 5.22 Å². The summed E-state index contributed by atoms with van der Waals surface area (Å²) in [6.07, 6.45) is 0. The summed E-state index contributed by atoms with van der Waals surface area (Å²) in [5.41, 5.74) is 1.62. The topological polar surface area (TPSA) is 91.8 Å². The van der Waals surface area contributed by atoms with Crippen LogP contribution in [0.4, 0.5) is 5.69 Å². The minimum Gasteiger partial charge on any atom is -0.411 e. The summed E-state index contributed by atoms with van der Waals surface area (Å²) in [5.74, 6) is 0.0931. The molecular weight excluding hydrogens is 372 g/mol. The molecule has 0 aliphatic heterocycles. The molecule has 0 fully saturated rings. The highest BCUT2D eigenvalue weighted by Gasteiger charge is 2.19. The Labute approximate surface area is 159 Å². The number of nitrogens with zero attached hydrogens (tertiary/aromatic N) is 3. The van der Waals surface area contributed by atoms with Gasteiger partial charge in [0.2, 0.25) is 11.8 Å². The first-order valence-corrected chi connectivity index (χ1v) is 8.88. The maximum Gasteiger partial charge on any atom is 0.277 e. The zero-order valence-corrected chi connectivity index (χ0v) is 15.2. The van der Waals surface area contributed by atoms with Gasteiger partial charge in [-0.15, -0.1) is 10.2 Å². The Morgan fingerprint density at radius 3 is 2.69 bits per heavy atom. The van der Waals surface area contributed by atoms with Gasteiger partial charge in [-0.05, 0) is 43.3 Å². The van der Waals surface area contributed by atoms with Crippen LogP contribution < -0.4 is 5.32 Å². The van der Waals surface area contributed by atoms with E-state index in [1.165, 1.54) is 0 Å². The van der Waals surface area contributed by atoms with Gasteiger partial charge in [0, 0.05) is 10.6 Å². The summed E-state index contributed by atoms with van der Waals surface area (Å²) >= 11 is 7.00. The molecule has 0 saturated heterocycles. The van der Waals surface area contributed by atoms with E-state index in [2.05, 4.69) is 15.5 Å². The fourth-order valence-corrected chi connectivity index (χ4v) is 2.90. The van der Waals surface area contributed by atoms with Gasteiger partial charge in [0.05, 0.1) is 16.5 Å². The van der Waals surface area contributed by atoms with E-state index < -0.39 is 5.25 Å². The van der Waals surface area contributed by atoms with Crippen LogP contribution in [0.2, 0.25) is 5.02 Å². The molecule has 6 nitrogen and oxygen atoms in total. The smallest absolute Gasteiger partial charge is 0.277 e. The van der Waals surface area contributed by atoms with Crippen LogP contribution in [0.25, 0.3) is 11.5 Å². The van der Waals surface area contributed by atoms with E-state index in [0.717, 1.165) is 17.3 Å². The third-order valence-electron chi connectivity index (χ3n) is 3.45. The van der Waals surface area contributed by atoms with Gasteiger partial charge in [0.1, 0.15) is 6.07 Å². The number of hydrogen-bond donors (Lipinski definition) is 1. The molecule has 0 aliphatic carbocycles. The number of thioether (sulfide) groups is 1. The van der Waals surface area contributed by atoms with Crippen LogP contribution in [-0.2, 0) is 4.79 Å². The minimum absolute atomic E-state index is 0.260. The molecule has 2 aromatic carbocycles. The largest absolute Gasteiger partial charge is 0.411 e. The molecule has 130 valence electrons. The van der Waals surface area contributed by atoms with Crippen LogP contribution in [0.5, 0.6) is 0 Å². The lowest BCUT2D eigenvalue weighted by molar-refractivity contribution is -0.115. The summed E-state index contributed by atoms with van der Waals surface area (Å²) in [6.45, 7) is 1.72. The first kappa shape index (κ1) is 18.0. The lowest BCUT2D eigenvalue weighted by atomic mass is 10.2. The Kier molecular flexibility index (Phi) is 5.56.